The van der Waals surface area contributed by atoms with Crippen LogP contribution >= 0.6 is 11.3 Å². The summed E-state index contributed by atoms with van der Waals surface area (Å²) in [6.45, 7) is 4.15. The number of benzene rings is 2. The number of thiazole rings is 1. The zero-order valence-corrected chi connectivity index (χ0v) is 19.8. The van der Waals surface area contributed by atoms with Crippen molar-refractivity contribution in [2.45, 2.75) is 31.7 Å². The minimum atomic E-state index is -3.74. The van der Waals surface area contributed by atoms with Gasteiger partial charge >= 0.3 is 0 Å². The van der Waals surface area contributed by atoms with Gasteiger partial charge in [-0.05, 0) is 67.4 Å². The number of carbonyl (C=O) groups excluding carboxylic acids is 1. The highest BCUT2D eigenvalue weighted by Gasteiger charge is 2.24. The Balaban J connectivity index is 1.62. The van der Waals surface area contributed by atoms with Crippen LogP contribution in [0.1, 0.15) is 23.2 Å². The van der Waals surface area contributed by atoms with Gasteiger partial charge in [-0.15, -0.1) is 0 Å². The Morgan fingerprint density at radius 2 is 1.85 bits per heavy atom. The highest BCUT2D eigenvalue weighted by Crippen LogP contribution is 2.32. The lowest BCUT2D eigenvalue weighted by molar-refractivity contribution is -0.118. The number of rotatable bonds is 7. The minimum absolute atomic E-state index is 0.0148. The number of amides is 1. The van der Waals surface area contributed by atoms with Crippen molar-refractivity contribution in [1.82, 2.24) is 9.97 Å². The number of fused-ring (bicyclic) bond motifs is 1. The smallest absolute Gasteiger partial charge is 0.230 e. The van der Waals surface area contributed by atoms with Gasteiger partial charge in [-0.1, -0.05) is 23.5 Å². The summed E-state index contributed by atoms with van der Waals surface area (Å²) < 4.78 is 39.5. The fourth-order valence-corrected chi connectivity index (χ4v) is 5.90. The number of hydrogen-bond donors (Lipinski definition) is 0. The van der Waals surface area contributed by atoms with E-state index in [1.807, 2.05) is 32.0 Å². The normalized spacial score (nSPS) is 11.6. The summed E-state index contributed by atoms with van der Waals surface area (Å²) in [5.74, 6) is -1.29. The molecular formula is C24H22FN3O3S2. The molecule has 2 aromatic carbocycles. The molecule has 0 aliphatic carbocycles. The van der Waals surface area contributed by atoms with Crippen LogP contribution in [0.5, 0.6) is 0 Å². The SMILES string of the molecule is Cc1cc(C)c2nc(N(Cc3ccccn3)C(=O)CCS(=O)(=O)c3ccc(F)cc3)sc2c1. The number of halogens is 1. The van der Waals surface area contributed by atoms with E-state index in [2.05, 4.69) is 9.97 Å². The second-order valence-corrected chi connectivity index (χ2v) is 10.9. The Morgan fingerprint density at radius 1 is 1.09 bits per heavy atom. The van der Waals surface area contributed by atoms with Crippen molar-refractivity contribution >= 4 is 42.4 Å². The van der Waals surface area contributed by atoms with Crippen molar-refractivity contribution in [3.8, 4) is 0 Å². The number of hydrogen-bond acceptors (Lipinski definition) is 6. The minimum Gasteiger partial charge on any atom is -0.282 e. The van der Waals surface area contributed by atoms with Crippen molar-refractivity contribution < 1.29 is 17.6 Å². The van der Waals surface area contributed by atoms with E-state index < -0.39 is 15.7 Å². The molecule has 0 spiro atoms. The maximum atomic E-state index is 13.2. The molecule has 0 unspecified atom stereocenters. The van der Waals surface area contributed by atoms with E-state index in [1.165, 1.54) is 28.4 Å². The van der Waals surface area contributed by atoms with Crippen molar-refractivity contribution in [2.75, 3.05) is 10.7 Å². The van der Waals surface area contributed by atoms with E-state index in [0.717, 1.165) is 33.5 Å². The van der Waals surface area contributed by atoms with Crippen LogP contribution in [0.15, 0.2) is 65.7 Å². The van der Waals surface area contributed by atoms with Gasteiger partial charge in [0.1, 0.15) is 5.82 Å². The summed E-state index contributed by atoms with van der Waals surface area (Å²) in [5, 5.41) is 0.494. The first-order valence-corrected chi connectivity index (χ1v) is 12.8. The van der Waals surface area contributed by atoms with Crippen LogP contribution in [-0.2, 0) is 21.2 Å². The van der Waals surface area contributed by atoms with Crippen molar-refractivity contribution in [1.29, 1.82) is 0 Å². The fourth-order valence-electron chi connectivity index (χ4n) is 3.51. The quantitative estimate of drug-likeness (QED) is 0.351. The Bertz CT molecular complexity index is 1400. The first-order chi connectivity index (χ1) is 15.7. The Hall–Kier alpha value is -3.17. The van der Waals surface area contributed by atoms with Gasteiger partial charge in [0.25, 0.3) is 0 Å². The van der Waals surface area contributed by atoms with E-state index in [-0.39, 0.29) is 29.5 Å². The molecule has 33 heavy (non-hydrogen) atoms. The van der Waals surface area contributed by atoms with E-state index in [1.54, 1.807) is 18.3 Å². The van der Waals surface area contributed by atoms with Crippen molar-refractivity contribution in [3.05, 3.63) is 83.4 Å². The van der Waals surface area contributed by atoms with Gasteiger partial charge in [-0.2, -0.15) is 0 Å². The molecule has 0 radical (unpaired) electrons. The second kappa shape index (κ2) is 9.36. The fraction of sp³-hybridized carbons (Fsp3) is 0.208. The van der Waals surface area contributed by atoms with Crippen LogP contribution in [-0.4, -0.2) is 30.0 Å². The molecule has 0 fully saturated rings. The maximum absolute atomic E-state index is 13.2. The summed E-state index contributed by atoms with van der Waals surface area (Å²) in [5.41, 5.74) is 3.59. The zero-order valence-electron chi connectivity index (χ0n) is 18.2. The average molecular weight is 484 g/mol. The molecule has 6 nitrogen and oxygen atoms in total. The van der Waals surface area contributed by atoms with Gasteiger partial charge in [-0.25, -0.2) is 17.8 Å². The van der Waals surface area contributed by atoms with Gasteiger partial charge in [0.05, 0.1) is 33.1 Å². The van der Waals surface area contributed by atoms with Gasteiger partial charge in [0.2, 0.25) is 5.91 Å². The molecule has 0 saturated heterocycles. The molecule has 0 aliphatic rings. The van der Waals surface area contributed by atoms with Crippen LogP contribution in [0.25, 0.3) is 10.2 Å². The predicted molar refractivity (Wildman–Crippen MR) is 128 cm³/mol. The Kier molecular flexibility index (Phi) is 6.53. The van der Waals surface area contributed by atoms with Gasteiger partial charge in [0, 0.05) is 12.6 Å². The van der Waals surface area contributed by atoms with E-state index in [9.17, 15) is 17.6 Å². The molecule has 9 heteroatoms. The van der Waals surface area contributed by atoms with E-state index >= 15 is 0 Å². The summed E-state index contributed by atoms with van der Waals surface area (Å²) in [6, 6.07) is 14.1. The predicted octanol–water partition coefficient (Wildman–Crippen LogP) is 4.84. The monoisotopic (exact) mass is 483 g/mol. The number of sulfone groups is 1. The third kappa shape index (κ3) is 5.26. The molecule has 0 bridgehead atoms. The standard InChI is InChI=1S/C24H22FN3O3S2/c1-16-13-17(2)23-21(14-16)32-24(27-23)28(15-19-5-3-4-11-26-19)22(29)10-12-33(30,31)20-8-6-18(25)7-9-20/h3-9,11,13-14H,10,12,15H2,1-2H3. The number of aryl methyl sites for hydroxylation is 2. The third-order valence-corrected chi connectivity index (χ3v) is 7.91. The molecule has 4 aromatic rings. The molecule has 0 aliphatic heterocycles. The van der Waals surface area contributed by atoms with Crippen molar-refractivity contribution in [3.63, 3.8) is 0 Å². The van der Waals surface area contributed by atoms with Crippen LogP contribution in [0.2, 0.25) is 0 Å². The number of carbonyl (C=O) groups is 1. The van der Waals surface area contributed by atoms with Crippen LogP contribution < -0.4 is 4.90 Å². The number of anilines is 1. The van der Waals surface area contributed by atoms with Crippen molar-refractivity contribution in [2.24, 2.45) is 0 Å². The zero-order chi connectivity index (χ0) is 23.6. The molecule has 2 heterocycles. The number of aromatic nitrogens is 2. The Labute approximate surface area is 195 Å². The Morgan fingerprint density at radius 3 is 2.55 bits per heavy atom. The number of nitrogens with zero attached hydrogens (tertiary/aromatic N) is 3. The largest absolute Gasteiger partial charge is 0.282 e. The third-order valence-electron chi connectivity index (χ3n) is 5.15. The lowest BCUT2D eigenvalue weighted by Crippen LogP contribution is -2.32. The molecular weight excluding hydrogens is 461 g/mol. The summed E-state index contributed by atoms with van der Waals surface area (Å²) in [4.78, 5) is 23.7. The highest BCUT2D eigenvalue weighted by atomic mass is 32.2. The van der Waals surface area contributed by atoms with Gasteiger partial charge in [-0.3, -0.25) is 14.7 Å². The van der Waals surface area contributed by atoms with Crippen LogP contribution in [0, 0.1) is 19.7 Å². The first-order valence-electron chi connectivity index (χ1n) is 10.3. The van der Waals surface area contributed by atoms with Gasteiger partial charge < -0.3 is 0 Å². The topological polar surface area (TPSA) is 80.2 Å². The summed E-state index contributed by atoms with van der Waals surface area (Å²) in [6.07, 6.45) is 1.41. The van der Waals surface area contributed by atoms with E-state index in [4.69, 9.17) is 0 Å². The van der Waals surface area contributed by atoms with Gasteiger partial charge in [0.15, 0.2) is 15.0 Å². The first kappa shape index (κ1) is 23.0. The lowest BCUT2D eigenvalue weighted by Gasteiger charge is -2.19. The van der Waals surface area contributed by atoms with Crippen LogP contribution in [0.4, 0.5) is 9.52 Å². The highest BCUT2D eigenvalue weighted by molar-refractivity contribution is 7.91. The van der Waals surface area contributed by atoms with E-state index in [0.29, 0.717) is 10.8 Å². The molecule has 2 aromatic heterocycles. The molecule has 0 N–H and O–H groups in total. The summed E-state index contributed by atoms with van der Waals surface area (Å²) in [7, 11) is -3.74. The number of pyridine rings is 1. The molecule has 170 valence electrons. The molecule has 4 rings (SSSR count). The molecule has 0 saturated carbocycles. The maximum Gasteiger partial charge on any atom is 0.230 e. The molecule has 1 amide bonds. The second-order valence-electron chi connectivity index (χ2n) is 7.75. The average Bonchev–Trinajstić information content (AvgIpc) is 3.21. The summed E-state index contributed by atoms with van der Waals surface area (Å²) >= 11 is 1.39. The lowest BCUT2D eigenvalue weighted by atomic mass is 10.1. The molecule has 0 atom stereocenters. The van der Waals surface area contributed by atoms with Crippen LogP contribution in [0.3, 0.4) is 0 Å².